The molecule has 9 heteroatoms. The maximum atomic E-state index is 15.0. The highest BCUT2D eigenvalue weighted by molar-refractivity contribution is 5.90. The number of carbonyl (C=O) groups excluding carboxylic acids is 1. The number of benzene rings is 2. The molecule has 0 atom stereocenters. The minimum Gasteiger partial charge on any atom is -0.492 e. The second-order valence-corrected chi connectivity index (χ2v) is 8.87. The van der Waals surface area contributed by atoms with E-state index >= 15 is 4.39 Å². The van der Waals surface area contributed by atoms with Crippen molar-refractivity contribution in [1.29, 1.82) is 0 Å². The maximum absolute atomic E-state index is 15.0. The highest BCUT2D eigenvalue weighted by Gasteiger charge is 2.16. The molecule has 3 N–H and O–H groups in total. The fourth-order valence-electron chi connectivity index (χ4n) is 3.06. The number of hydrogen-bond donors (Lipinski definition) is 3. The van der Waals surface area contributed by atoms with Gasteiger partial charge in [0.2, 0.25) is 0 Å². The van der Waals surface area contributed by atoms with Gasteiger partial charge in [0.15, 0.2) is 0 Å². The number of likely N-dealkylation sites (N-methyl/N-ethyl adjacent to an activating group) is 1. The van der Waals surface area contributed by atoms with Crippen LogP contribution >= 0.6 is 0 Å². The number of carbonyl (C=O) groups is 1. The zero-order valence-corrected chi connectivity index (χ0v) is 21.0. The van der Waals surface area contributed by atoms with E-state index in [0.717, 1.165) is 0 Å². The van der Waals surface area contributed by atoms with E-state index in [2.05, 4.69) is 27.5 Å². The number of anilines is 2. The zero-order chi connectivity index (χ0) is 26.0. The first-order chi connectivity index (χ1) is 16.5. The average Bonchev–Trinajstić information content (AvgIpc) is 2.74. The van der Waals surface area contributed by atoms with Gasteiger partial charge in [0.05, 0.1) is 11.3 Å². The standard InChI is InChI=1S/C26H35F2N5O2/c1-7-29-23-17-21(35-15-14-33(5)6)16-22(27)24(23)18(2)31-19-8-10-20(11-9-19)32-25(34)30-13-12-26(3,4)28/h7-11,16-17,31H,2,12-15H2,1,3-6H3,(H2,30,32,34). The number of ether oxygens (including phenoxy) is 1. The topological polar surface area (TPSA) is 78.0 Å². The first kappa shape index (κ1) is 27.8. The van der Waals surface area contributed by atoms with E-state index in [-0.39, 0.29) is 18.5 Å². The fraction of sp³-hybridized carbons (Fsp3) is 0.385. The Labute approximate surface area is 206 Å². The van der Waals surface area contributed by atoms with Gasteiger partial charge in [-0.1, -0.05) is 6.58 Å². The normalized spacial score (nSPS) is 11.5. The summed E-state index contributed by atoms with van der Waals surface area (Å²) >= 11 is 0. The second kappa shape index (κ2) is 12.9. The summed E-state index contributed by atoms with van der Waals surface area (Å²) < 4.78 is 34.2. The summed E-state index contributed by atoms with van der Waals surface area (Å²) in [5, 5.41) is 8.38. The van der Waals surface area contributed by atoms with E-state index in [1.807, 2.05) is 19.0 Å². The summed E-state index contributed by atoms with van der Waals surface area (Å²) in [6, 6.07) is 9.42. The van der Waals surface area contributed by atoms with Crippen LogP contribution in [0, 0.1) is 5.82 Å². The van der Waals surface area contributed by atoms with E-state index in [9.17, 15) is 9.18 Å². The van der Waals surface area contributed by atoms with Gasteiger partial charge in [-0.05, 0) is 65.6 Å². The molecule has 0 aliphatic rings. The fourth-order valence-corrected chi connectivity index (χ4v) is 3.06. The molecule has 0 saturated carbocycles. The Bertz CT molecular complexity index is 1030. The van der Waals surface area contributed by atoms with Crippen LogP contribution in [-0.4, -0.2) is 56.6 Å². The van der Waals surface area contributed by atoms with E-state index in [1.54, 1.807) is 43.5 Å². The molecule has 190 valence electrons. The van der Waals surface area contributed by atoms with Crippen molar-refractivity contribution >= 4 is 35.0 Å². The van der Waals surface area contributed by atoms with Crippen LogP contribution in [-0.2, 0) is 0 Å². The minimum absolute atomic E-state index is 0.217. The minimum atomic E-state index is -1.34. The lowest BCUT2D eigenvalue weighted by molar-refractivity contribution is 0.200. The summed E-state index contributed by atoms with van der Waals surface area (Å²) in [6.45, 7) is 10.0. The molecule has 0 unspecified atom stereocenters. The molecule has 2 aromatic rings. The summed E-state index contributed by atoms with van der Waals surface area (Å²) in [5.41, 5.74) is 0.827. The van der Waals surface area contributed by atoms with E-state index in [0.29, 0.717) is 41.7 Å². The van der Waals surface area contributed by atoms with Crippen LogP contribution < -0.4 is 20.7 Å². The highest BCUT2D eigenvalue weighted by Crippen LogP contribution is 2.33. The van der Waals surface area contributed by atoms with E-state index in [4.69, 9.17) is 4.74 Å². The SMILES string of the molecule is C=C(Nc1ccc(NC(=O)NCCC(C)(C)F)cc1)c1c(F)cc(OCCN(C)C)cc1N=CC. The molecule has 2 amide bonds. The van der Waals surface area contributed by atoms with Crippen LogP contribution in [0.3, 0.4) is 0 Å². The number of rotatable bonds is 12. The molecule has 0 radical (unpaired) electrons. The van der Waals surface area contributed by atoms with Crippen molar-refractivity contribution in [3.8, 4) is 5.75 Å². The summed E-state index contributed by atoms with van der Waals surface area (Å²) in [6.07, 6.45) is 1.80. The molecule has 7 nitrogen and oxygen atoms in total. The van der Waals surface area contributed by atoms with Crippen LogP contribution in [0.2, 0.25) is 0 Å². The molecule has 0 aromatic heterocycles. The number of urea groups is 1. The van der Waals surface area contributed by atoms with Crippen LogP contribution in [0.25, 0.3) is 5.70 Å². The van der Waals surface area contributed by atoms with Gasteiger partial charge >= 0.3 is 6.03 Å². The first-order valence-corrected chi connectivity index (χ1v) is 11.4. The molecule has 35 heavy (non-hydrogen) atoms. The van der Waals surface area contributed by atoms with Gasteiger partial charge in [-0.2, -0.15) is 0 Å². The third kappa shape index (κ3) is 9.74. The van der Waals surface area contributed by atoms with Gasteiger partial charge in [0.1, 0.15) is 23.8 Å². The van der Waals surface area contributed by atoms with Gasteiger partial charge in [0.25, 0.3) is 0 Å². The Kier molecular flexibility index (Phi) is 10.2. The van der Waals surface area contributed by atoms with Crippen molar-refractivity contribution in [2.24, 2.45) is 4.99 Å². The van der Waals surface area contributed by atoms with Gasteiger partial charge in [-0.25, -0.2) is 13.6 Å². The molecular formula is C26H35F2N5O2. The van der Waals surface area contributed by atoms with Crippen molar-refractivity contribution < 1.29 is 18.3 Å². The second-order valence-electron chi connectivity index (χ2n) is 8.87. The lowest BCUT2D eigenvalue weighted by Gasteiger charge is -2.16. The quantitative estimate of drug-likeness (QED) is 0.329. The number of nitrogens with one attached hydrogen (secondary N) is 3. The zero-order valence-electron chi connectivity index (χ0n) is 21.0. The Morgan fingerprint density at radius 2 is 1.80 bits per heavy atom. The third-order valence-corrected chi connectivity index (χ3v) is 4.86. The summed E-state index contributed by atoms with van der Waals surface area (Å²) in [7, 11) is 3.87. The highest BCUT2D eigenvalue weighted by atomic mass is 19.1. The number of nitrogens with zero attached hydrogens (tertiary/aromatic N) is 2. The van der Waals surface area contributed by atoms with Gasteiger partial charge in [0, 0.05) is 48.5 Å². The lowest BCUT2D eigenvalue weighted by atomic mass is 10.1. The predicted molar refractivity (Wildman–Crippen MR) is 140 cm³/mol. The van der Waals surface area contributed by atoms with Crippen molar-refractivity contribution in [3.63, 3.8) is 0 Å². The van der Waals surface area contributed by atoms with Crippen LogP contribution in [0.5, 0.6) is 5.75 Å². The van der Waals surface area contributed by atoms with Gasteiger partial charge in [-0.15, -0.1) is 0 Å². The molecule has 0 aliphatic heterocycles. The molecule has 0 bridgehead atoms. The molecule has 2 aromatic carbocycles. The number of halogens is 2. The van der Waals surface area contributed by atoms with Crippen molar-refractivity contribution in [2.75, 3.05) is 44.4 Å². The van der Waals surface area contributed by atoms with Gasteiger partial charge < -0.3 is 25.6 Å². The molecule has 0 aliphatic carbocycles. The van der Waals surface area contributed by atoms with E-state index < -0.39 is 17.5 Å². The number of aliphatic imine (C=N–C) groups is 1. The van der Waals surface area contributed by atoms with Gasteiger partial charge in [-0.3, -0.25) is 4.99 Å². The molecular weight excluding hydrogens is 452 g/mol. The third-order valence-electron chi connectivity index (χ3n) is 4.86. The van der Waals surface area contributed by atoms with E-state index in [1.165, 1.54) is 19.9 Å². The molecule has 0 saturated heterocycles. The van der Waals surface area contributed by atoms with Crippen molar-refractivity contribution in [1.82, 2.24) is 10.2 Å². The molecule has 0 spiro atoms. The van der Waals surface area contributed by atoms with Crippen molar-refractivity contribution in [2.45, 2.75) is 32.9 Å². The summed E-state index contributed by atoms with van der Waals surface area (Å²) in [5.74, 6) is -0.109. The maximum Gasteiger partial charge on any atom is 0.319 e. The smallest absolute Gasteiger partial charge is 0.319 e. The monoisotopic (exact) mass is 487 g/mol. The number of alkyl halides is 1. The molecule has 2 rings (SSSR count). The molecule has 0 fully saturated rings. The number of hydrogen-bond acceptors (Lipinski definition) is 5. The largest absolute Gasteiger partial charge is 0.492 e. The Morgan fingerprint density at radius 1 is 1.17 bits per heavy atom. The van der Waals surface area contributed by atoms with Crippen LogP contribution in [0.4, 0.5) is 30.6 Å². The van der Waals surface area contributed by atoms with Crippen molar-refractivity contribution in [3.05, 3.63) is 54.4 Å². The Balaban J connectivity index is 2.04. The Morgan fingerprint density at radius 3 is 2.37 bits per heavy atom. The first-order valence-electron chi connectivity index (χ1n) is 11.4. The van der Waals surface area contributed by atoms with Crippen LogP contribution in [0.15, 0.2) is 48.0 Å². The Hall–Kier alpha value is -3.46. The predicted octanol–water partition coefficient (Wildman–Crippen LogP) is 5.83. The molecule has 0 heterocycles. The lowest BCUT2D eigenvalue weighted by Crippen LogP contribution is -2.32. The summed E-state index contributed by atoms with van der Waals surface area (Å²) in [4.78, 5) is 18.2. The average molecular weight is 488 g/mol. The number of amides is 2. The van der Waals surface area contributed by atoms with Crippen LogP contribution in [0.1, 0.15) is 32.8 Å².